The minimum absolute atomic E-state index is 0.0688. The second kappa shape index (κ2) is 8.67. The van der Waals surface area contributed by atoms with Gasteiger partial charge in [-0.05, 0) is 53.6 Å². The van der Waals surface area contributed by atoms with E-state index in [-0.39, 0.29) is 30.0 Å². The zero-order valence-electron chi connectivity index (χ0n) is 15.9. The second-order valence-corrected chi connectivity index (χ2v) is 7.90. The molecule has 7 heteroatoms. The number of hydrogen-bond donors (Lipinski definition) is 1. The first-order chi connectivity index (χ1) is 14.5. The van der Waals surface area contributed by atoms with Crippen LogP contribution < -0.4 is 10.2 Å². The van der Waals surface area contributed by atoms with E-state index < -0.39 is 0 Å². The van der Waals surface area contributed by atoms with E-state index in [4.69, 9.17) is 0 Å². The monoisotopic (exact) mass is 424 g/mol. The van der Waals surface area contributed by atoms with Crippen LogP contribution in [0.4, 0.5) is 14.5 Å². The Balaban J connectivity index is 1.53. The van der Waals surface area contributed by atoms with E-state index in [1.54, 1.807) is 41.3 Å². The largest absolute Gasteiger partial charge is 0.348 e. The van der Waals surface area contributed by atoms with E-state index in [1.807, 2.05) is 6.07 Å². The molecule has 0 fully saturated rings. The molecule has 1 aliphatic rings. The quantitative estimate of drug-likeness (QED) is 0.655. The molecule has 0 aromatic heterocycles. The average molecular weight is 424 g/mol. The topological polar surface area (TPSA) is 49.4 Å². The Morgan fingerprint density at radius 1 is 0.933 bits per heavy atom. The van der Waals surface area contributed by atoms with Gasteiger partial charge in [0.05, 0.1) is 18.0 Å². The molecule has 1 heterocycles. The first-order valence-electron chi connectivity index (χ1n) is 9.34. The molecule has 3 aromatic rings. The summed E-state index contributed by atoms with van der Waals surface area (Å²) in [6, 6.07) is 17.2. The van der Waals surface area contributed by atoms with Gasteiger partial charge in [0.1, 0.15) is 11.6 Å². The van der Waals surface area contributed by atoms with Crippen molar-refractivity contribution in [3.8, 4) is 0 Å². The number of carbonyl (C=O) groups excluding carboxylic acids is 2. The van der Waals surface area contributed by atoms with Crippen LogP contribution in [0.25, 0.3) is 0 Å². The van der Waals surface area contributed by atoms with E-state index in [1.165, 1.54) is 36.0 Å². The Bertz CT molecular complexity index is 1090. The number of hydrogen-bond acceptors (Lipinski definition) is 3. The number of nitrogens with one attached hydrogen (secondary N) is 1. The van der Waals surface area contributed by atoms with Crippen LogP contribution in [0, 0.1) is 11.6 Å². The number of amides is 2. The van der Waals surface area contributed by atoms with Gasteiger partial charge < -0.3 is 10.2 Å². The highest BCUT2D eigenvalue weighted by atomic mass is 32.2. The van der Waals surface area contributed by atoms with Crippen LogP contribution in [-0.2, 0) is 17.9 Å². The van der Waals surface area contributed by atoms with E-state index in [0.29, 0.717) is 23.5 Å². The fourth-order valence-electron chi connectivity index (χ4n) is 3.18. The first-order valence-corrected chi connectivity index (χ1v) is 10.3. The Hall–Kier alpha value is -3.19. The van der Waals surface area contributed by atoms with Crippen molar-refractivity contribution in [3.05, 3.63) is 95.1 Å². The molecule has 0 unspecified atom stereocenters. The molecular weight excluding hydrogens is 406 g/mol. The fourth-order valence-corrected chi connectivity index (χ4v) is 4.09. The van der Waals surface area contributed by atoms with Crippen molar-refractivity contribution in [1.82, 2.24) is 5.32 Å². The van der Waals surface area contributed by atoms with Crippen LogP contribution in [0.1, 0.15) is 21.5 Å². The highest BCUT2D eigenvalue weighted by Crippen LogP contribution is 2.37. The van der Waals surface area contributed by atoms with E-state index in [2.05, 4.69) is 5.32 Å². The summed E-state index contributed by atoms with van der Waals surface area (Å²) in [5.41, 5.74) is 2.67. The fraction of sp³-hybridized carbons (Fsp3) is 0.130. The normalized spacial score (nSPS) is 13.1. The zero-order valence-corrected chi connectivity index (χ0v) is 16.7. The van der Waals surface area contributed by atoms with Crippen LogP contribution in [-0.4, -0.2) is 17.6 Å². The smallest absolute Gasteiger partial charge is 0.251 e. The molecule has 0 spiro atoms. The van der Waals surface area contributed by atoms with E-state index >= 15 is 0 Å². The van der Waals surface area contributed by atoms with Crippen LogP contribution in [0.2, 0.25) is 0 Å². The van der Waals surface area contributed by atoms with Gasteiger partial charge in [-0.15, -0.1) is 11.8 Å². The summed E-state index contributed by atoms with van der Waals surface area (Å²) >= 11 is 1.43. The number of rotatable bonds is 5. The molecule has 2 amide bonds. The number of thioether (sulfide) groups is 1. The molecule has 30 heavy (non-hydrogen) atoms. The van der Waals surface area contributed by atoms with Crippen molar-refractivity contribution >= 4 is 29.3 Å². The molecule has 1 N–H and O–H groups in total. The van der Waals surface area contributed by atoms with Gasteiger partial charge in [-0.25, -0.2) is 8.78 Å². The maximum absolute atomic E-state index is 13.2. The van der Waals surface area contributed by atoms with Crippen molar-refractivity contribution in [2.24, 2.45) is 0 Å². The van der Waals surface area contributed by atoms with Crippen LogP contribution in [0.15, 0.2) is 71.6 Å². The van der Waals surface area contributed by atoms with Gasteiger partial charge in [0.2, 0.25) is 5.91 Å². The number of fused-ring (bicyclic) bond motifs is 1. The Morgan fingerprint density at radius 3 is 2.23 bits per heavy atom. The molecule has 3 aromatic carbocycles. The molecule has 0 saturated carbocycles. The molecule has 0 saturated heterocycles. The Morgan fingerprint density at radius 2 is 1.57 bits per heavy atom. The first kappa shape index (κ1) is 20.1. The average Bonchev–Trinajstić information content (AvgIpc) is 2.76. The molecule has 0 bridgehead atoms. The summed E-state index contributed by atoms with van der Waals surface area (Å²) < 4.78 is 26.2. The predicted molar refractivity (Wildman–Crippen MR) is 112 cm³/mol. The SMILES string of the molecule is O=C(NCc1ccc(F)cc1)c1ccc2c(c1)N(Cc1ccc(F)cc1)C(=O)CS2. The number of halogens is 2. The Kier molecular flexibility index (Phi) is 5.81. The molecule has 0 atom stereocenters. The number of nitrogens with zero attached hydrogens (tertiary/aromatic N) is 1. The van der Waals surface area contributed by atoms with Crippen molar-refractivity contribution in [2.75, 3.05) is 10.7 Å². The van der Waals surface area contributed by atoms with Gasteiger partial charge in [-0.1, -0.05) is 24.3 Å². The van der Waals surface area contributed by atoms with Crippen LogP contribution in [0.5, 0.6) is 0 Å². The summed E-state index contributed by atoms with van der Waals surface area (Å²) in [5.74, 6) is -0.708. The molecular formula is C23H18F2N2O2S. The van der Waals surface area contributed by atoms with E-state index in [0.717, 1.165) is 16.0 Å². The van der Waals surface area contributed by atoms with Crippen molar-refractivity contribution in [3.63, 3.8) is 0 Å². The van der Waals surface area contributed by atoms with E-state index in [9.17, 15) is 18.4 Å². The zero-order chi connectivity index (χ0) is 21.1. The number of carbonyl (C=O) groups is 2. The molecule has 0 radical (unpaired) electrons. The van der Waals surface area contributed by atoms with Gasteiger partial charge in [0, 0.05) is 17.0 Å². The van der Waals surface area contributed by atoms with Crippen molar-refractivity contribution in [2.45, 2.75) is 18.0 Å². The summed E-state index contributed by atoms with van der Waals surface area (Å²) in [6.45, 7) is 0.566. The lowest BCUT2D eigenvalue weighted by molar-refractivity contribution is -0.116. The third-order valence-corrected chi connectivity index (χ3v) is 5.83. The molecule has 0 aliphatic carbocycles. The summed E-state index contributed by atoms with van der Waals surface area (Å²) in [5, 5.41) is 2.81. The summed E-state index contributed by atoms with van der Waals surface area (Å²) in [7, 11) is 0. The molecule has 4 nitrogen and oxygen atoms in total. The lowest BCUT2D eigenvalue weighted by atomic mass is 10.1. The van der Waals surface area contributed by atoms with Gasteiger partial charge in [0.25, 0.3) is 5.91 Å². The van der Waals surface area contributed by atoms with Crippen LogP contribution in [0.3, 0.4) is 0 Å². The van der Waals surface area contributed by atoms with Crippen molar-refractivity contribution < 1.29 is 18.4 Å². The van der Waals surface area contributed by atoms with Crippen molar-refractivity contribution in [1.29, 1.82) is 0 Å². The second-order valence-electron chi connectivity index (χ2n) is 6.89. The maximum atomic E-state index is 13.2. The third-order valence-electron chi connectivity index (χ3n) is 4.78. The highest BCUT2D eigenvalue weighted by Gasteiger charge is 2.26. The Labute approximate surface area is 176 Å². The summed E-state index contributed by atoms with van der Waals surface area (Å²) in [6.07, 6.45) is 0. The standard InChI is InChI=1S/C23H18F2N2O2S/c24-18-6-1-15(2-7-18)12-26-23(29)17-5-10-21-20(11-17)27(22(28)14-30-21)13-16-3-8-19(25)9-4-16/h1-11H,12-14H2,(H,26,29). The van der Waals surface area contributed by atoms with Gasteiger partial charge >= 0.3 is 0 Å². The minimum Gasteiger partial charge on any atom is -0.348 e. The van der Waals surface area contributed by atoms with Crippen LogP contribution >= 0.6 is 11.8 Å². The number of anilines is 1. The van der Waals surface area contributed by atoms with Gasteiger partial charge in [-0.2, -0.15) is 0 Å². The van der Waals surface area contributed by atoms with Gasteiger partial charge in [-0.3, -0.25) is 9.59 Å². The maximum Gasteiger partial charge on any atom is 0.251 e. The summed E-state index contributed by atoms with van der Waals surface area (Å²) in [4.78, 5) is 27.7. The third kappa shape index (κ3) is 4.52. The lowest BCUT2D eigenvalue weighted by Gasteiger charge is -2.29. The molecule has 4 rings (SSSR count). The predicted octanol–water partition coefficient (Wildman–Crippen LogP) is 4.53. The number of benzene rings is 3. The molecule has 152 valence electrons. The highest BCUT2D eigenvalue weighted by molar-refractivity contribution is 8.00. The minimum atomic E-state index is -0.334. The molecule has 1 aliphatic heterocycles. The lowest BCUT2D eigenvalue weighted by Crippen LogP contribution is -2.35. The van der Waals surface area contributed by atoms with Gasteiger partial charge in [0.15, 0.2) is 0 Å².